The minimum absolute atomic E-state index is 0.0301. The van der Waals surface area contributed by atoms with Crippen molar-refractivity contribution in [1.82, 2.24) is 14.7 Å². The Labute approximate surface area is 135 Å². The molecule has 2 aromatic heterocycles. The Morgan fingerprint density at radius 2 is 2.22 bits per heavy atom. The van der Waals surface area contributed by atoms with Crippen LogP contribution in [0.3, 0.4) is 0 Å². The molecule has 0 fully saturated rings. The first-order valence-electron chi connectivity index (χ1n) is 7.17. The third-order valence-corrected chi connectivity index (χ3v) is 4.85. The number of aliphatic hydroxyl groups is 1. The summed E-state index contributed by atoms with van der Waals surface area (Å²) in [5.74, 6) is -0.524. The van der Waals surface area contributed by atoms with Crippen LogP contribution in [0.2, 0.25) is 0 Å². The number of aromatic nitrogens is 2. The molecule has 0 saturated carbocycles. The average molecular weight is 327 g/mol. The van der Waals surface area contributed by atoms with E-state index in [2.05, 4.69) is 10.3 Å². The number of amides is 1. The maximum Gasteiger partial charge on any atom is 0.271 e. The first-order valence-corrected chi connectivity index (χ1v) is 8.04. The third-order valence-electron chi connectivity index (χ3n) is 4.08. The summed E-state index contributed by atoms with van der Waals surface area (Å²) in [6, 6.07) is 7.06. The van der Waals surface area contributed by atoms with Crippen molar-refractivity contribution >= 4 is 22.2 Å². The molecule has 116 valence electrons. The highest BCUT2D eigenvalue weighted by Gasteiger charge is 2.32. The number of carbonyl (C=O) groups is 1. The van der Waals surface area contributed by atoms with E-state index in [1.807, 2.05) is 24.3 Å². The topological polar surface area (TPSA) is 83.7 Å². The molecule has 2 heterocycles. The van der Waals surface area contributed by atoms with Crippen molar-refractivity contribution < 1.29 is 9.90 Å². The summed E-state index contributed by atoms with van der Waals surface area (Å²) in [6.45, 7) is 0. The lowest BCUT2D eigenvalue weighted by atomic mass is 10.1. The number of hydrogen-bond donors (Lipinski definition) is 2. The number of aliphatic hydroxyl groups excluding tert-OH is 1. The molecular formula is C16H13N3O3S. The second-order valence-corrected chi connectivity index (χ2v) is 6.33. The highest BCUT2D eigenvalue weighted by atomic mass is 32.1. The van der Waals surface area contributed by atoms with E-state index < -0.39 is 23.6 Å². The first-order chi connectivity index (χ1) is 11.1. The predicted octanol–water partition coefficient (Wildman–Crippen LogP) is 1.14. The molecule has 1 aliphatic carbocycles. The van der Waals surface area contributed by atoms with Gasteiger partial charge in [0.1, 0.15) is 5.56 Å². The monoisotopic (exact) mass is 327 g/mol. The zero-order chi connectivity index (χ0) is 16.0. The lowest BCUT2D eigenvalue weighted by Gasteiger charge is -2.17. The van der Waals surface area contributed by atoms with E-state index in [1.165, 1.54) is 21.9 Å². The molecule has 2 atom stereocenters. The van der Waals surface area contributed by atoms with Gasteiger partial charge in [0.15, 0.2) is 4.96 Å². The van der Waals surface area contributed by atoms with Crippen LogP contribution in [0, 0.1) is 0 Å². The van der Waals surface area contributed by atoms with E-state index in [-0.39, 0.29) is 5.56 Å². The third kappa shape index (κ3) is 2.25. The van der Waals surface area contributed by atoms with Crippen molar-refractivity contribution in [3.05, 3.63) is 69.1 Å². The average Bonchev–Trinajstić information content (AvgIpc) is 3.13. The number of thiazole rings is 1. The van der Waals surface area contributed by atoms with E-state index >= 15 is 0 Å². The lowest BCUT2D eigenvalue weighted by molar-refractivity contribution is 0.0856. The molecule has 4 rings (SSSR count). The maximum absolute atomic E-state index is 12.5. The molecule has 6 nitrogen and oxygen atoms in total. The molecule has 0 spiro atoms. The molecule has 0 radical (unpaired) electrons. The molecule has 0 unspecified atom stereocenters. The van der Waals surface area contributed by atoms with Gasteiger partial charge in [-0.1, -0.05) is 24.3 Å². The number of nitrogens with zero attached hydrogens (tertiary/aromatic N) is 2. The molecule has 1 amide bonds. The first kappa shape index (κ1) is 14.1. The van der Waals surface area contributed by atoms with E-state index in [0.717, 1.165) is 11.1 Å². The fraction of sp³-hybridized carbons (Fsp3) is 0.188. The quantitative estimate of drug-likeness (QED) is 0.739. The molecule has 0 aliphatic heterocycles. The summed E-state index contributed by atoms with van der Waals surface area (Å²) in [4.78, 5) is 29.5. The van der Waals surface area contributed by atoms with Crippen LogP contribution < -0.4 is 10.9 Å². The van der Waals surface area contributed by atoms with Gasteiger partial charge in [0.05, 0.1) is 12.1 Å². The number of rotatable bonds is 2. The van der Waals surface area contributed by atoms with Crippen LogP contribution in [0.1, 0.15) is 27.5 Å². The van der Waals surface area contributed by atoms with Gasteiger partial charge in [-0.05, 0) is 11.1 Å². The van der Waals surface area contributed by atoms with Crippen molar-refractivity contribution in [1.29, 1.82) is 0 Å². The standard InChI is InChI=1S/C16H13N3O3S/c20-12-7-9-3-1-2-4-10(9)13(12)18-14(21)11-8-17-16-19(15(11)22)5-6-23-16/h1-6,8,12-13,20H,7H2,(H,18,21)/t12-,13+/m0/s1. The number of benzene rings is 1. The van der Waals surface area contributed by atoms with Crippen molar-refractivity contribution in [2.75, 3.05) is 0 Å². The second kappa shape index (κ2) is 5.29. The van der Waals surface area contributed by atoms with Crippen molar-refractivity contribution in [3.63, 3.8) is 0 Å². The van der Waals surface area contributed by atoms with Gasteiger partial charge in [-0.25, -0.2) is 4.98 Å². The van der Waals surface area contributed by atoms with Gasteiger partial charge in [-0.3, -0.25) is 14.0 Å². The molecule has 3 aromatic rings. The highest BCUT2D eigenvalue weighted by Crippen LogP contribution is 2.31. The van der Waals surface area contributed by atoms with E-state index in [1.54, 1.807) is 11.6 Å². The van der Waals surface area contributed by atoms with Gasteiger partial charge in [-0.15, -0.1) is 11.3 Å². The van der Waals surface area contributed by atoms with Crippen LogP contribution in [0.15, 0.2) is 46.8 Å². The van der Waals surface area contributed by atoms with Gasteiger partial charge in [-0.2, -0.15) is 0 Å². The fourth-order valence-electron chi connectivity index (χ4n) is 2.95. The normalized spacial score (nSPS) is 19.7. The number of carbonyl (C=O) groups excluding carboxylic acids is 1. The summed E-state index contributed by atoms with van der Waals surface area (Å²) < 4.78 is 1.35. The van der Waals surface area contributed by atoms with E-state index in [0.29, 0.717) is 11.4 Å². The molecule has 2 N–H and O–H groups in total. The molecule has 1 aliphatic rings. The minimum Gasteiger partial charge on any atom is -0.390 e. The Kier molecular flexibility index (Phi) is 3.24. The Bertz CT molecular complexity index is 962. The lowest BCUT2D eigenvalue weighted by Crippen LogP contribution is -2.37. The molecular weight excluding hydrogens is 314 g/mol. The summed E-state index contributed by atoms with van der Waals surface area (Å²) in [5, 5.41) is 14.7. The van der Waals surface area contributed by atoms with Crippen LogP contribution >= 0.6 is 11.3 Å². The van der Waals surface area contributed by atoms with Gasteiger partial charge >= 0.3 is 0 Å². The zero-order valence-corrected chi connectivity index (χ0v) is 12.8. The summed E-state index contributed by atoms with van der Waals surface area (Å²) in [6.07, 6.45) is 2.67. The molecule has 0 bridgehead atoms. The van der Waals surface area contributed by atoms with Crippen LogP contribution in [0.5, 0.6) is 0 Å². The molecule has 7 heteroatoms. The van der Waals surface area contributed by atoms with Gasteiger partial charge in [0, 0.05) is 24.2 Å². The Morgan fingerprint density at radius 3 is 3.09 bits per heavy atom. The molecule has 23 heavy (non-hydrogen) atoms. The van der Waals surface area contributed by atoms with E-state index in [4.69, 9.17) is 0 Å². The number of nitrogens with one attached hydrogen (secondary N) is 1. The van der Waals surface area contributed by atoms with Crippen molar-refractivity contribution in [2.24, 2.45) is 0 Å². The number of hydrogen-bond acceptors (Lipinski definition) is 5. The van der Waals surface area contributed by atoms with Gasteiger partial charge in [0.25, 0.3) is 11.5 Å². The van der Waals surface area contributed by atoms with Crippen LogP contribution in [0.25, 0.3) is 4.96 Å². The summed E-state index contributed by atoms with van der Waals surface area (Å²) >= 11 is 1.33. The SMILES string of the molecule is O=C(N[C@@H]1c2ccccc2C[C@@H]1O)c1cnc2sccn2c1=O. The maximum atomic E-state index is 12.5. The van der Waals surface area contributed by atoms with Crippen molar-refractivity contribution in [2.45, 2.75) is 18.6 Å². The number of fused-ring (bicyclic) bond motifs is 2. The molecule has 0 saturated heterocycles. The fourth-order valence-corrected chi connectivity index (χ4v) is 3.62. The highest BCUT2D eigenvalue weighted by molar-refractivity contribution is 7.15. The van der Waals surface area contributed by atoms with Gasteiger partial charge in [0.2, 0.25) is 0 Å². The van der Waals surface area contributed by atoms with Crippen LogP contribution in [-0.2, 0) is 6.42 Å². The Balaban J connectivity index is 1.67. The Morgan fingerprint density at radius 1 is 1.39 bits per heavy atom. The van der Waals surface area contributed by atoms with Gasteiger partial charge < -0.3 is 10.4 Å². The smallest absolute Gasteiger partial charge is 0.271 e. The molecule has 1 aromatic carbocycles. The van der Waals surface area contributed by atoms with E-state index in [9.17, 15) is 14.7 Å². The predicted molar refractivity (Wildman–Crippen MR) is 85.7 cm³/mol. The zero-order valence-electron chi connectivity index (χ0n) is 12.0. The summed E-state index contributed by atoms with van der Waals surface area (Å²) in [7, 11) is 0. The van der Waals surface area contributed by atoms with Crippen LogP contribution in [-0.4, -0.2) is 26.5 Å². The van der Waals surface area contributed by atoms with Crippen molar-refractivity contribution in [3.8, 4) is 0 Å². The summed E-state index contributed by atoms with van der Waals surface area (Å²) in [5.41, 5.74) is 1.46. The second-order valence-electron chi connectivity index (χ2n) is 5.45. The Hall–Kier alpha value is -2.51. The minimum atomic E-state index is -0.697. The van der Waals surface area contributed by atoms with Crippen LogP contribution in [0.4, 0.5) is 0 Å². The largest absolute Gasteiger partial charge is 0.390 e.